The zero-order valence-electron chi connectivity index (χ0n) is 15.7. The van der Waals surface area contributed by atoms with Crippen molar-refractivity contribution in [3.8, 4) is 0 Å². The summed E-state index contributed by atoms with van der Waals surface area (Å²) in [6, 6.07) is 2.49. The number of rotatable bonds is 4. The lowest BCUT2D eigenvalue weighted by Gasteiger charge is -2.37. The molecule has 3 heterocycles. The quantitative estimate of drug-likeness (QED) is 0.632. The van der Waals surface area contributed by atoms with Crippen molar-refractivity contribution in [2.45, 2.75) is 49.2 Å². The molecule has 3 atom stereocenters. The molecular formula is C18H23ClFN5O3S. The number of hydrogen-bond donors (Lipinski definition) is 3. The van der Waals surface area contributed by atoms with Crippen molar-refractivity contribution < 1.29 is 17.6 Å². The van der Waals surface area contributed by atoms with Crippen molar-refractivity contribution in [3.05, 3.63) is 28.5 Å². The van der Waals surface area contributed by atoms with Gasteiger partial charge in [-0.15, -0.1) is 0 Å². The van der Waals surface area contributed by atoms with Gasteiger partial charge in [-0.05, 0) is 37.0 Å². The van der Waals surface area contributed by atoms with E-state index in [0.29, 0.717) is 43.7 Å². The molecule has 1 aromatic carbocycles. The molecule has 3 fully saturated rings. The summed E-state index contributed by atoms with van der Waals surface area (Å²) in [5.74, 6) is -0.523. The fourth-order valence-corrected chi connectivity index (χ4v) is 6.18. The lowest BCUT2D eigenvalue weighted by Crippen LogP contribution is -2.57. The summed E-state index contributed by atoms with van der Waals surface area (Å²) in [5.41, 5.74) is 4.56. The number of fused-ring (bicyclic) bond motifs is 2. The topological polar surface area (TPSA) is 93.8 Å². The van der Waals surface area contributed by atoms with Gasteiger partial charge in [0.2, 0.25) is 15.9 Å². The summed E-state index contributed by atoms with van der Waals surface area (Å²) in [4.78, 5) is 14.8. The predicted molar refractivity (Wildman–Crippen MR) is 106 cm³/mol. The molecule has 8 nitrogen and oxygen atoms in total. The van der Waals surface area contributed by atoms with Crippen LogP contribution in [0.2, 0.25) is 5.02 Å². The van der Waals surface area contributed by atoms with Crippen molar-refractivity contribution in [3.63, 3.8) is 0 Å². The Balaban J connectivity index is 1.21. The second-order valence-electron chi connectivity index (χ2n) is 8.20. The number of hydrazine groups is 1. The number of carbonyl (C=O) groups is 1. The zero-order valence-corrected chi connectivity index (χ0v) is 17.3. The van der Waals surface area contributed by atoms with E-state index in [0.717, 1.165) is 12.8 Å². The van der Waals surface area contributed by atoms with Gasteiger partial charge in [-0.25, -0.2) is 23.2 Å². The van der Waals surface area contributed by atoms with Gasteiger partial charge in [0.1, 0.15) is 11.9 Å². The third kappa shape index (κ3) is 3.61. The van der Waals surface area contributed by atoms with Crippen LogP contribution in [-0.2, 0) is 21.2 Å². The SMILES string of the molecule is O=C(C1Cc2c(ccc(F)c2Cl)N1)N1CCN2NC(NS(=O)(=O)C3CC3)CC2C1. The molecule has 0 radical (unpaired) electrons. The summed E-state index contributed by atoms with van der Waals surface area (Å²) in [6.07, 6.45) is 2.07. The lowest BCUT2D eigenvalue weighted by atomic mass is 10.1. The van der Waals surface area contributed by atoms with Crippen LogP contribution in [0.5, 0.6) is 0 Å². The smallest absolute Gasteiger partial charge is 0.245 e. The first-order chi connectivity index (χ1) is 13.8. The molecule has 0 spiro atoms. The number of hydrogen-bond acceptors (Lipinski definition) is 6. The molecule has 11 heteroatoms. The van der Waals surface area contributed by atoms with Crippen LogP contribution >= 0.6 is 11.6 Å². The second kappa shape index (κ2) is 7.05. The van der Waals surface area contributed by atoms with Crippen molar-refractivity contribution >= 4 is 33.2 Å². The minimum absolute atomic E-state index is 0.0423. The third-order valence-corrected chi connectivity index (χ3v) is 8.50. The van der Waals surface area contributed by atoms with E-state index in [9.17, 15) is 17.6 Å². The summed E-state index contributed by atoms with van der Waals surface area (Å²) in [5, 5.41) is 4.99. The van der Waals surface area contributed by atoms with E-state index >= 15 is 0 Å². The van der Waals surface area contributed by atoms with E-state index in [1.54, 1.807) is 11.0 Å². The Morgan fingerprint density at radius 1 is 1.28 bits per heavy atom. The second-order valence-corrected chi connectivity index (χ2v) is 10.6. The predicted octanol–water partition coefficient (Wildman–Crippen LogP) is 0.645. The molecule has 3 aliphatic heterocycles. The standard InChI is InChI=1S/C18H23ClFN5O3S/c19-17-12-8-15(21-14(12)4-3-13(17)20)18(26)24-5-6-25-10(9-24)7-16(22-25)23-29(27,28)11-1-2-11/h3-4,10-11,15-16,21-23H,1-2,5-9H2. The molecule has 1 amide bonds. The number of benzene rings is 1. The largest absolute Gasteiger partial charge is 0.373 e. The molecule has 29 heavy (non-hydrogen) atoms. The normalized spacial score (nSPS) is 29.4. The van der Waals surface area contributed by atoms with Crippen molar-refractivity contribution in [2.75, 3.05) is 25.0 Å². The van der Waals surface area contributed by atoms with Gasteiger partial charge < -0.3 is 10.2 Å². The van der Waals surface area contributed by atoms with Gasteiger partial charge >= 0.3 is 0 Å². The molecule has 5 rings (SSSR count). The maximum absolute atomic E-state index is 13.7. The lowest BCUT2D eigenvalue weighted by molar-refractivity contribution is -0.134. The van der Waals surface area contributed by atoms with Crippen molar-refractivity contribution in [1.82, 2.24) is 20.1 Å². The highest BCUT2D eigenvalue weighted by molar-refractivity contribution is 7.90. The summed E-state index contributed by atoms with van der Waals surface area (Å²) >= 11 is 6.05. The number of piperazine rings is 1. The van der Waals surface area contributed by atoms with Crippen LogP contribution in [0, 0.1) is 5.82 Å². The summed E-state index contributed by atoms with van der Waals surface area (Å²) in [6.45, 7) is 1.68. The van der Waals surface area contributed by atoms with Crippen LogP contribution in [0.3, 0.4) is 0 Å². The van der Waals surface area contributed by atoms with E-state index in [-0.39, 0.29) is 28.4 Å². The number of sulfonamides is 1. The van der Waals surface area contributed by atoms with Gasteiger partial charge in [0.15, 0.2) is 0 Å². The monoisotopic (exact) mass is 443 g/mol. The highest BCUT2D eigenvalue weighted by Gasteiger charge is 2.43. The fourth-order valence-electron chi connectivity index (χ4n) is 4.44. The fraction of sp³-hybridized carbons (Fsp3) is 0.611. The number of halogens is 2. The Morgan fingerprint density at radius 3 is 2.83 bits per heavy atom. The third-order valence-electron chi connectivity index (χ3n) is 6.13. The van der Waals surface area contributed by atoms with Gasteiger partial charge in [0.05, 0.1) is 16.4 Å². The number of amides is 1. The average molecular weight is 444 g/mol. The Kier molecular flexibility index (Phi) is 4.74. The van der Waals surface area contributed by atoms with E-state index in [2.05, 4.69) is 15.5 Å². The summed E-state index contributed by atoms with van der Waals surface area (Å²) < 4.78 is 40.8. The van der Waals surface area contributed by atoms with Gasteiger partial charge in [-0.1, -0.05) is 11.6 Å². The molecule has 2 saturated heterocycles. The Labute approximate surface area is 173 Å². The molecule has 4 aliphatic rings. The highest BCUT2D eigenvalue weighted by Crippen LogP contribution is 2.34. The first-order valence-corrected chi connectivity index (χ1v) is 11.8. The zero-order chi connectivity index (χ0) is 20.3. The molecule has 158 valence electrons. The molecule has 1 aromatic rings. The van der Waals surface area contributed by atoms with E-state index in [1.165, 1.54) is 6.07 Å². The number of carbonyl (C=O) groups excluding carboxylic acids is 1. The molecule has 1 saturated carbocycles. The van der Waals surface area contributed by atoms with E-state index < -0.39 is 21.9 Å². The molecule has 1 aliphatic carbocycles. The van der Waals surface area contributed by atoms with Crippen molar-refractivity contribution in [1.29, 1.82) is 0 Å². The van der Waals surface area contributed by atoms with E-state index in [4.69, 9.17) is 11.6 Å². The van der Waals surface area contributed by atoms with Gasteiger partial charge in [-0.2, -0.15) is 4.72 Å². The first kappa shape index (κ1) is 19.5. The number of nitrogens with zero attached hydrogens (tertiary/aromatic N) is 2. The van der Waals surface area contributed by atoms with Gasteiger partial charge in [0.25, 0.3) is 0 Å². The number of anilines is 1. The Hall–Kier alpha value is -1.46. The van der Waals surface area contributed by atoms with Crippen LogP contribution in [0.15, 0.2) is 12.1 Å². The minimum Gasteiger partial charge on any atom is -0.373 e. The highest BCUT2D eigenvalue weighted by atomic mass is 35.5. The molecule has 0 bridgehead atoms. The molecular weight excluding hydrogens is 421 g/mol. The van der Waals surface area contributed by atoms with Crippen LogP contribution in [-0.4, -0.2) is 67.4 Å². The van der Waals surface area contributed by atoms with Crippen molar-refractivity contribution in [2.24, 2.45) is 0 Å². The van der Waals surface area contributed by atoms with Crippen LogP contribution in [0.4, 0.5) is 10.1 Å². The average Bonchev–Trinajstić information content (AvgIpc) is 3.35. The summed E-state index contributed by atoms with van der Waals surface area (Å²) in [7, 11) is -3.27. The Morgan fingerprint density at radius 2 is 2.07 bits per heavy atom. The molecule has 3 N–H and O–H groups in total. The van der Waals surface area contributed by atoms with Crippen LogP contribution in [0.1, 0.15) is 24.8 Å². The first-order valence-electron chi connectivity index (χ1n) is 9.88. The van der Waals surface area contributed by atoms with E-state index in [1.807, 2.05) is 5.01 Å². The maximum Gasteiger partial charge on any atom is 0.245 e. The Bertz CT molecular complexity index is 957. The van der Waals surface area contributed by atoms with Gasteiger partial charge in [0, 0.05) is 37.8 Å². The molecule has 3 unspecified atom stereocenters. The number of nitrogens with one attached hydrogen (secondary N) is 3. The minimum atomic E-state index is -3.27. The van der Waals surface area contributed by atoms with Crippen LogP contribution in [0.25, 0.3) is 0 Å². The maximum atomic E-state index is 13.7. The molecule has 0 aromatic heterocycles. The van der Waals surface area contributed by atoms with Crippen LogP contribution < -0.4 is 15.5 Å². The van der Waals surface area contributed by atoms with Gasteiger partial charge in [-0.3, -0.25) is 4.79 Å².